The normalized spacial score (nSPS) is 27.9. The van der Waals surface area contributed by atoms with Crippen molar-refractivity contribution in [3.05, 3.63) is 36.0 Å². The first-order valence-corrected chi connectivity index (χ1v) is 12.9. The number of para-hydroxylation sites is 1. The molecule has 2 aromatic rings. The second-order valence-electron chi connectivity index (χ2n) is 10.2. The summed E-state index contributed by atoms with van der Waals surface area (Å²) in [5.74, 6) is -2.22. The summed E-state index contributed by atoms with van der Waals surface area (Å²) in [5, 5.41) is 10.1. The van der Waals surface area contributed by atoms with Gasteiger partial charge in [0, 0.05) is 41.3 Å². The van der Waals surface area contributed by atoms with Crippen LogP contribution in [0.1, 0.15) is 87.0 Å². The molecule has 0 radical (unpaired) electrons. The quantitative estimate of drug-likeness (QED) is 0.510. The maximum Gasteiger partial charge on any atom is 0.377 e. The monoisotopic (exact) mass is 452 g/mol. The van der Waals surface area contributed by atoms with E-state index in [4.69, 9.17) is 4.74 Å². The molecular formula is C27H36N2O4. The van der Waals surface area contributed by atoms with Gasteiger partial charge in [-0.3, -0.25) is 9.69 Å². The molecule has 1 aromatic carbocycles. The molecule has 3 atom stereocenters. The minimum absolute atomic E-state index is 0.250. The minimum atomic E-state index is -1.39. The van der Waals surface area contributed by atoms with E-state index in [-0.39, 0.29) is 6.04 Å². The zero-order valence-electron chi connectivity index (χ0n) is 19.5. The number of morpholine rings is 1. The van der Waals surface area contributed by atoms with Crippen molar-refractivity contribution >= 4 is 22.7 Å². The van der Waals surface area contributed by atoms with Crippen molar-refractivity contribution in [3.63, 3.8) is 0 Å². The third-order valence-electron chi connectivity index (χ3n) is 8.12. The number of nitrogens with zero attached hydrogens (tertiary/aromatic N) is 2. The minimum Gasteiger partial charge on any atom is -0.475 e. The van der Waals surface area contributed by atoms with Crippen LogP contribution in [0.3, 0.4) is 0 Å². The molecule has 3 fully saturated rings. The molecule has 0 unspecified atom stereocenters. The number of hydrogen-bond donors (Lipinski definition) is 1. The number of aromatic nitrogens is 1. The zero-order valence-corrected chi connectivity index (χ0v) is 19.5. The molecule has 3 aliphatic rings. The molecule has 6 nitrogen and oxygen atoms in total. The molecule has 5 rings (SSSR count). The number of fused-ring (bicyclic) bond motifs is 3. The molecule has 1 aromatic heterocycles. The summed E-state index contributed by atoms with van der Waals surface area (Å²) >= 11 is 0. The highest BCUT2D eigenvalue weighted by atomic mass is 16.5. The Kier molecular flexibility index (Phi) is 6.84. The Balaban J connectivity index is 1.40. The second-order valence-corrected chi connectivity index (χ2v) is 10.2. The third-order valence-corrected chi connectivity index (χ3v) is 8.12. The topological polar surface area (TPSA) is 71.8 Å². The molecule has 2 aliphatic heterocycles. The number of carboxylic acid groups (broad SMARTS) is 1. The number of aliphatic carboxylic acids is 1. The predicted molar refractivity (Wildman–Crippen MR) is 128 cm³/mol. The van der Waals surface area contributed by atoms with Crippen molar-refractivity contribution in [2.75, 3.05) is 13.2 Å². The fraction of sp³-hybridized carbons (Fsp3) is 0.630. The number of rotatable bonds is 4. The van der Waals surface area contributed by atoms with Gasteiger partial charge in [0.15, 0.2) is 0 Å². The van der Waals surface area contributed by atoms with Gasteiger partial charge in [0.25, 0.3) is 5.78 Å². The second kappa shape index (κ2) is 9.98. The van der Waals surface area contributed by atoms with Gasteiger partial charge in [0.2, 0.25) is 0 Å². The number of carbonyl (C=O) groups is 2. The van der Waals surface area contributed by atoms with E-state index in [1.54, 1.807) is 6.20 Å². The Morgan fingerprint density at radius 1 is 0.818 bits per heavy atom. The first-order chi connectivity index (χ1) is 16.1. The van der Waals surface area contributed by atoms with Crippen LogP contribution in [0.25, 0.3) is 10.9 Å². The summed E-state index contributed by atoms with van der Waals surface area (Å²) < 4.78 is 8.20. The average Bonchev–Trinajstić information content (AvgIpc) is 3.21. The van der Waals surface area contributed by atoms with Gasteiger partial charge in [-0.2, -0.15) is 0 Å². The van der Waals surface area contributed by atoms with Crippen LogP contribution in [0.2, 0.25) is 0 Å². The smallest absolute Gasteiger partial charge is 0.377 e. The first kappa shape index (κ1) is 22.6. The van der Waals surface area contributed by atoms with Gasteiger partial charge in [-0.1, -0.05) is 63.1 Å². The van der Waals surface area contributed by atoms with Crippen molar-refractivity contribution in [2.45, 2.75) is 94.8 Å². The molecule has 1 aliphatic carbocycles. The lowest BCUT2D eigenvalue weighted by Gasteiger charge is -2.52. The Hall–Kier alpha value is -2.18. The lowest BCUT2D eigenvalue weighted by Crippen LogP contribution is -2.60. The summed E-state index contributed by atoms with van der Waals surface area (Å²) in [6.45, 7) is 1.53. The number of ether oxygens (including phenoxy) is 1. The lowest BCUT2D eigenvalue weighted by molar-refractivity contribution is -0.131. The highest BCUT2D eigenvalue weighted by Gasteiger charge is 2.43. The van der Waals surface area contributed by atoms with Crippen LogP contribution in [0.4, 0.5) is 0 Å². The number of carbonyl (C=O) groups excluding carboxylic acids is 1. The van der Waals surface area contributed by atoms with Crippen molar-refractivity contribution in [1.82, 2.24) is 9.47 Å². The zero-order chi connectivity index (χ0) is 22.8. The van der Waals surface area contributed by atoms with Crippen LogP contribution >= 0.6 is 0 Å². The summed E-state index contributed by atoms with van der Waals surface area (Å²) in [6.07, 6.45) is 15.9. The molecular weight excluding hydrogens is 416 g/mol. The van der Waals surface area contributed by atoms with E-state index in [2.05, 4.69) is 9.47 Å². The summed E-state index contributed by atoms with van der Waals surface area (Å²) in [5.41, 5.74) is 1.26. The summed E-state index contributed by atoms with van der Waals surface area (Å²) in [6, 6.07) is 9.37. The molecule has 1 N–H and O–H groups in total. The van der Waals surface area contributed by atoms with E-state index < -0.39 is 11.8 Å². The molecule has 33 heavy (non-hydrogen) atoms. The van der Waals surface area contributed by atoms with Crippen LogP contribution < -0.4 is 0 Å². The molecule has 2 bridgehead atoms. The Labute approximate surface area is 195 Å². The standard InChI is InChI=1S/C27H36N2O4/c30-26(27(31)32)24-16-28(25-13-9-8-12-23(24)25)20-14-21-17-33-18-22(15-20)29(21)19-10-6-4-2-1-3-5-7-11-19/h8-9,12-13,16,19-22H,1-7,10-11,14-15,17-18H2,(H,31,32)/t20-,21-,22+. The molecule has 178 valence electrons. The molecule has 2 saturated heterocycles. The van der Waals surface area contributed by atoms with Gasteiger partial charge in [-0.05, 0) is 31.7 Å². The highest BCUT2D eigenvalue weighted by molar-refractivity contribution is 6.42. The Morgan fingerprint density at radius 3 is 2.06 bits per heavy atom. The van der Waals surface area contributed by atoms with Gasteiger partial charge >= 0.3 is 5.97 Å². The van der Waals surface area contributed by atoms with Gasteiger partial charge in [-0.25, -0.2) is 4.79 Å². The maximum atomic E-state index is 12.4. The summed E-state index contributed by atoms with van der Waals surface area (Å²) in [7, 11) is 0. The van der Waals surface area contributed by atoms with Gasteiger partial charge in [0.05, 0.1) is 18.8 Å². The van der Waals surface area contributed by atoms with Crippen molar-refractivity contribution in [1.29, 1.82) is 0 Å². The van der Waals surface area contributed by atoms with Crippen LogP contribution in [0.5, 0.6) is 0 Å². The van der Waals surface area contributed by atoms with E-state index in [9.17, 15) is 14.7 Å². The van der Waals surface area contributed by atoms with Crippen LogP contribution in [-0.4, -0.2) is 57.7 Å². The molecule has 6 heteroatoms. The van der Waals surface area contributed by atoms with E-state index in [1.165, 1.54) is 57.8 Å². The van der Waals surface area contributed by atoms with Crippen LogP contribution in [-0.2, 0) is 9.53 Å². The van der Waals surface area contributed by atoms with Crippen molar-refractivity contribution in [2.24, 2.45) is 0 Å². The van der Waals surface area contributed by atoms with E-state index in [0.29, 0.717) is 23.7 Å². The number of benzene rings is 1. The van der Waals surface area contributed by atoms with E-state index in [1.807, 2.05) is 24.3 Å². The largest absolute Gasteiger partial charge is 0.475 e. The van der Waals surface area contributed by atoms with Crippen molar-refractivity contribution < 1.29 is 19.4 Å². The maximum absolute atomic E-state index is 12.4. The summed E-state index contributed by atoms with van der Waals surface area (Å²) in [4.78, 5) is 26.6. The van der Waals surface area contributed by atoms with Gasteiger partial charge < -0.3 is 14.4 Å². The van der Waals surface area contributed by atoms with Gasteiger partial charge in [-0.15, -0.1) is 0 Å². The number of piperidine rings is 1. The fourth-order valence-electron chi connectivity index (χ4n) is 6.63. The Bertz CT molecular complexity index is 975. The SMILES string of the molecule is O=C(O)C(=O)c1cn([C@H]2C[C@H]3COC[C@@H](C2)N3C2CCCCCCCCC2)c2ccccc12. The Morgan fingerprint density at radius 2 is 1.42 bits per heavy atom. The van der Waals surface area contributed by atoms with Crippen LogP contribution in [0, 0.1) is 0 Å². The lowest BCUT2D eigenvalue weighted by atomic mass is 9.85. The number of carboxylic acids is 1. The molecule has 3 heterocycles. The van der Waals surface area contributed by atoms with E-state index in [0.717, 1.165) is 37.0 Å². The third kappa shape index (κ3) is 4.60. The number of hydrogen-bond acceptors (Lipinski definition) is 4. The predicted octanol–water partition coefficient (Wildman–Crippen LogP) is 5.21. The molecule has 0 amide bonds. The van der Waals surface area contributed by atoms with Gasteiger partial charge in [0.1, 0.15) is 0 Å². The first-order valence-electron chi connectivity index (χ1n) is 12.9. The fourth-order valence-corrected chi connectivity index (χ4v) is 6.63. The number of ketones is 1. The van der Waals surface area contributed by atoms with Crippen LogP contribution in [0.15, 0.2) is 30.5 Å². The average molecular weight is 453 g/mol. The van der Waals surface area contributed by atoms with E-state index >= 15 is 0 Å². The highest BCUT2D eigenvalue weighted by Crippen LogP contribution is 2.40. The molecule has 1 saturated carbocycles. The molecule has 0 spiro atoms. The number of Topliss-reactive ketones (excluding diaryl/α,β-unsaturated/α-hetero) is 1. The van der Waals surface area contributed by atoms with Crippen molar-refractivity contribution in [3.8, 4) is 0 Å².